The van der Waals surface area contributed by atoms with E-state index in [0.717, 1.165) is 19.3 Å². The Bertz CT molecular complexity index is 748. The van der Waals surface area contributed by atoms with E-state index >= 15 is 0 Å². The van der Waals surface area contributed by atoms with Crippen molar-refractivity contribution < 1.29 is 13.9 Å². The molecule has 1 heterocycles. The number of rotatable bonds is 5. The highest BCUT2D eigenvalue weighted by molar-refractivity contribution is 6.31. The number of ether oxygens (including phenoxy) is 1. The van der Waals surface area contributed by atoms with Crippen LogP contribution in [0.2, 0.25) is 5.02 Å². The molecule has 1 aliphatic carbocycles. The molecule has 1 aromatic carbocycles. The molecule has 2 aromatic rings. The van der Waals surface area contributed by atoms with Gasteiger partial charge in [-0.1, -0.05) is 11.6 Å². The van der Waals surface area contributed by atoms with Crippen molar-refractivity contribution in [3.05, 3.63) is 52.6 Å². The van der Waals surface area contributed by atoms with E-state index in [9.17, 15) is 9.18 Å². The van der Waals surface area contributed by atoms with Gasteiger partial charge in [0, 0.05) is 17.4 Å². The van der Waals surface area contributed by atoms with Crippen molar-refractivity contribution in [2.75, 3.05) is 11.9 Å². The number of carbonyl (C=O) groups is 1. The second kappa shape index (κ2) is 6.73. The Morgan fingerprint density at radius 1 is 1.38 bits per heavy atom. The standard InChI is InChI=1S/C17H17ClFN3O2/c1-2-24-15(23)11-9-20-16(21-10-11)22-17(6-3-7-17)13-8-12(19)4-5-14(13)18/h4-5,8-10H,2-3,6-7H2,1H3,(H,20,21,22). The molecule has 24 heavy (non-hydrogen) atoms. The fraction of sp³-hybridized carbons (Fsp3) is 0.353. The third-order valence-corrected chi connectivity index (χ3v) is 4.49. The monoisotopic (exact) mass is 349 g/mol. The van der Waals surface area contributed by atoms with Crippen molar-refractivity contribution >= 4 is 23.5 Å². The third-order valence-electron chi connectivity index (χ3n) is 4.17. The molecular formula is C17H17ClFN3O2. The van der Waals surface area contributed by atoms with Gasteiger partial charge in [0.25, 0.3) is 0 Å². The lowest BCUT2D eigenvalue weighted by Gasteiger charge is -2.43. The average molecular weight is 350 g/mol. The minimum absolute atomic E-state index is 0.286. The van der Waals surface area contributed by atoms with E-state index in [0.29, 0.717) is 23.1 Å². The van der Waals surface area contributed by atoms with Crippen molar-refractivity contribution in [2.45, 2.75) is 31.7 Å². The number of carbonyl (C=O) groups excluding carboxylic acids is 1. The van der Waals surface area contributed by atoms with Crippen LogP contribution in [0.25, 0.3) is 0 Å². The van der Waals surface area contributed by atoms with Gasteiger partial charge >= 0.3 is 5.97 Å². The quantitative estimate of drug-likeness (QED) is 0.828. The number of halogens is 2. The zero-order valence-corrected chi connectivity index (χ0v) is 13.9. The van der Waals surface area contributed by atoms with Crippen molar-refractivity contribution in [2.24, 2.45) is 0 Å². The summed E-state index contributed by atoms with van der Waals surface area (Å²) < 4.78 is 18.5. The highest BCUT2D eigenvalue weighted by Gasteiger charge is 2.41. The van der Waals surface area contributed by atoms with Gasteiger partial charge in [-0.15, -0.1) is 0 Å². The summed E-state index contributed by atoms with van der Waals surface area (Å²) in [6, 6.07) is 4.34. The van der Waals surface area contributed by atoms with Gasteiger partial charge in [0.05, 0.1) is 17.7 Å². The van der Waals surface area contributed by atoms with Crippen LogP contribution in [-0.4, -0.2) is 22.5 Å². The van der Waals surface area contributed by atoms with E-state index in [4.69, 9.17) is 16.3 Å². The van der Waals surface area contributed by atoms with Gasteiger partial charge in [-0.05, 0) is 49.9 Å². The predicted octanol–water partition coefficient (Wildman–Crippen LogP) is 3.94. The van der Waals surface area contributed by atoms with Crippen molar-refractivity contribution in [3.63, 3.8) is 0 Å². The molecule has 7 heteroatoms. The second-order valence-electron chi connectivity index (χ2n) is 5.70. The Balaban J connectivity index is 1.83. The van der Waals surface area contributed by atoms with E-state index < -0.39 is 11.5 Å². The molecule has 5 nitrogen and oxygen atoms in total. The van der Waals surface area contributed by atoms with E-state index in [1.54, 1.807) is 13.0 Å². The molecule has 1 aliphatic rings. The molecule has 0 radical (unpaired) electrons. The Hall–Kier alpha value is -2.21. The lowest BCUT2D eigenvalue weighted by molar-refractivity contribution is 0.0525. The molecule has 0 aliphatic heterocycles. The molecule has 0 spiro atoms. The molecule has 0 bridgehead atoms. The summed E-state index contributed by atoms with van der Waals surface area (Å²) in [5.41, 5.74) is 0.507. The van der Waals surface area contributed by atoms with Crippen LogP contribution in [0, 0.1) is 5.82 Å². The molecule has 3 rings (SSSR count). The van der Waals surface area contributed by atoms with Gasteiger partial charge in [0.15, 0.2) is 0 Å². The maximum absolute atomic E-state index is 13.6. The Morgan fingerprint density at radius 2 is 2.08 bits per heavy atom. The first-order valence-corrected chi connectivity index (χ1v) is 8.15. The van der Waals surface area contributed by atoms with E-state index in [2.05, 4.69) is 15.3 Å². The molecule has 0 amide bonds. The van der Waals surface area contributed by atoms with Gasteiger partial charge in [-0.2, -0.15) is 0 Å². The molecule has 1 aromatic heterocycles. The molecule has 0 saturated heterocycles. The number of esters is 1. The zero-order valence-electron chi connectivity index (χ0n) is 13.2. The summed E-state index contributed by atoms with van der Waals surface area (Å²) >= 11 is 6.25. The van der Waals surface area contributed by atoms with E-state index in [1.165, 1.54) is 24.5 Å². The number of anilines is 1. The van der Waals surface area contributed by atoms with Crippen molar-refractivity contribution in [1.82, 2.24) is 9.97 Å². The summed E-state index contributed by atoms with van der Waals surface area (Å²) in [5, 5.41) is 3.76. The number of aromatic nitrogens is 2. The lowest BCUT2D eigenvalue weighted by atomic mass is 9.72. The maximum Gasteiger partial charge on any atom is 0.341 e. The van der Waals surface area contributed by atoms with Gasteiger partial charge in [-0.25, -0.2) is 19.2 Å². The van der Waals surface area contributed by atoms with Gasteiger partial charge in [0.1, 0.15) is 5.82 Å². The maximum atomic E-state index is 13.6. The van der Waals surface area contributed by atoms with E-state index in [-0.39, 0.29) is 11.4 Å². The Kier molecular flexibility index (Phi) is 4.66. The average Bonchev–Trinajstić information content (AvgIpc) is 2.54. The van der Waals surface area contributed by atoms with E-state index in [1.807, 2.05) is 0 Å². The van der Waals surface area contributed by atoms with Gasteiger partial charge < -0.3 is 10.1 Å². The molecule has 126 valence electrons. The first-order valence-electron chi connectivity index (χ1n) is 7.77. The van der Waals surface area contributed by atoms with Crippen LogP contribution >= 0.6 is 11.6 Å². The first kappa shape index (κ1) is 16.6. The lowest BCUT2D eigenvalue weighted by Crippen LogP contribution is -2.43. The number of nitrogens with one attached hydrogen (secondary N) is 1. The largest absolute Gasteiger partial charge is 0.462 e. The summed E-state index contributed by atoms with van der Waals surface area (Å²) in [4.78, 5) is 20.0. The third kappa shape index (κ3) is 3.19. The highest BCUT2D eigenvalue weighted by Crippen LogP contribution is 2.46. The number of nitrogens with zero attached hydrogens (tertiary/aromatic N) is 2. The summed E-state index contributed by atoms with van der Waals surface area (Å²) in [6.07, 6.45) is 5.43. The number of benzene rings is 1. The molecule has 1 fully saturated rings. The van der Waals surface area contributed by atoms with Crippen LogP contribution in [0.1, 0.15) is 42.1 Å². The predicted molar refractivity (Wildman–Crippen MR) is 88.6 cm³/mol. The van der Waals surface area contributed by atoms with Gasteiger partial charge in [0.2, 0.25) is 5.95 Å². The van der Waals surface area contributed by atoms with Gasteiger partial charge in [-0.3, -0.25) is 0 Å². The summed E-state index contributed by atoms with van der Waals surface area (Å²) in [5.74, 6) is -0.431. The van der Waals surface area contributed by atoms with Crippen molar-refractivity contribution in [1.29, 1.82) is 0 Å². The van der Waals surface area contributed by atoms with Crippen LogP contribution in [-0.2, 0) is 10.3 Å². The summed E-state index contributed by atoms with van der Waals surface area (Å²) in [6.45, 7) is 2.03. The van der Waals surface area contributed by atoms with Crippen LogP contribution in [0.4, 0.5) is 10.3 Å². The molecule has 1 N–H and O–H groups in total. The SMILES string of the molecule is CCOC(=O)c1cnc(NC2(c3cc(F)ccc3Cl)CCC2)nc1. The highest BCUT2D eigenvalue weighted by atomic mass is 35.5. The fourth-order valence-electron chi connectivity index (χ4n) is 2.78. The Morgan fingerprint density at radius 3 is 2.67 bits per heavy atom. The molecular weight excluding hydrogens is 333 g/mol. The Labute approximate surface area is 144 Å². The first-order chi connectivity index (χ1) is 11.5. The molecule has 0 unspecified atom stereocenters. The normalized spacial score (nSPS) is 15.5. The van der Waals surface area contributed by atoms with Crippen LogP contribution < -0.4 is 5.32 Å². The zero-order chi connectivity index (χ0) is 17.2. The van der Waals surface area contributed by atoms with Crippen LogP contribution in [0.5, 0.6) is 0 Å². The smallest absolute Gasteiger partial charge is 0.341 e. The minimum atomic E-state index is -0.482. The number of hydrogen-bond donors (Lipinski definition) is 1. The summed E-state index contributed by atoms with van der Waals surface area (Å²) in [7, 11) is 0. The van der Waals surface area contributed by atoms with Crippen LogP contribution in [0.15, 0.2) is 30.6 Å². The number of hydrogen-bond acceptors (Lipinski definition) is 5. The molecule has 1 saturated carbocycles. The van der Waals surface area contributed by atoms with Crippen LogP contribution in [0.3, 0.4) is 0 Å². The van der Waals surface area contributed by atoms with Crippen molar-refractivity contribution in [3.8, 4) is 0 Å². The molecule has 0 atom stereocenters. The fourth-order valence-corrected chi connectivity index (χ4v) is 3.08. The second-order valence-corrected chi connectivity index (χ2v) is 6.11. The minimum Gasteiger partial charge on any atom is -0.462 e. The topological polar surface area (TPSA) is 64.1 Å².